The van der Waals surface area contributed by atoms with Crippen molar-refractivity contribution < 1.29 is 9.53 Å². The minimum atomic E-state index is 0.305. The maximum absolute atomic E-state index is 10.8. The molecule has 15 heavy (non-hydrogen) atoms. The SMILES string of the molecule is O=Cc1cnccc1NC1CCCOC1. The topological polar surface area (TPSA) is 51.2 Å². The first kappa shape index (κ1) is 10.1. The molecule has 0 radical (unpaired) electrons. The van der Waals surface area contributed by atoms with Crippen molar-refractivity contribution in [2.24, 2.45) is 0 Å². The normalized spacial score (nSPS) is 20.9. The Morgan fingerprint density at radius 1 is 1.60 bits per heavy atom. The molecular weight excluding hydrogens is 192 g/mol. The van der Waals surface area contributed by atoms with Crippen LogP contribution in [0.3, 0.4) is 0 Å². The monoisotopic (exact) mass is 206 g/mol. The highest BCUT2D eigenvalue weighted by molar-refractivity contribution is 5.83. The van der Waals surface area contributed by atoms with Crippen molar-refractivity contribution in [3.05, 3.63) is 24.0 Å². The summed E-state index contributed by atoms with van der Waals surface area (Å²) in [6, 6.07) is 2.12. The van der Waals surface area contributed by atoms with Crippen LogP contribution in [0.1, 0.15) is 23.2 Å². The number of carbonyl (C=O) groups is 1. The zero-order valence-corrected chi connectivity index (χ0v) is 8.48. The van der Waals surface area contributed by atoms with E-state index in [1.165, 1.54) is 0 Å². The van der Waals surface area contributed by atoms with E-state index in [1.807, 2.05) is 6.07 Å². The number of ether oxygens (including phenoxy) is 1. The van der Waals surface area contributed by atoms with E-state index in [2.05, 4.69) is 10.3 Å². The fraction of sp³-hybridized carbons (Fsp3) is 0.455. The number of aldehydes is 1. The Labute approximate surface area is 88.7 Å². The van der Waals surface area contributed by atoms with Gasteiger partial charge < -0.3 is 10.1 Å². The lowest BCUT2D eigenvalue weighted by molar-refractivity contribution is 0.0875. The predicted molar refractivity (Wildman–Crippen MR) is 57.1 cm³/mol. The van der Waals surface area contributed by atoms with Gasteiger partial charge in [0.2, 0.25) is 0 Å². The van der Waals surface area contributed by atoms with Gasteiger partial charge in [-0.3, -0.25) is 9.78 Å². The largest absolute Gasteiger partial charge is 0.379 e. The highest BCUT2D eigenvalue weighted by Gasteiger charge is 2.14. The van der Waals surface area contributed by atoms with E-state index in [4.69, 9.17) is 4.74 Å². The van der Waals surface area contributed by atoms with Crippen LogP contribution < -0.4 is 5.32 Å². The summed E-state index contributed by atoms with van der Waals surface area (Å²) < 4.78 is 5.36. The number of pyridine rings is 1. The van der Waals surface area contributed by atoms with Crippen LogP contribution in [0.5, 0.6) is 0 Å². The summed E-state index contributed by atoms with van der Waals surface area (Å²) in [5.41, 5.74) is 1.44. The van der Waals surface area contributed by atoms with Gasteiger partial charge in [0.25, 0.3) is 0 Å². The quantitative estimate of drug-likeness (QED) is 0.761. The first-order chi connectivity index (χ1) is 7.40. The van der Waals surface area contributed by atoms with E-state index >= 15 is 0 Å². The smallest absolute Gasteiger partial charge is 0.153 e. The van der Waals surface area contributed by atoms with Crippen molar-refractivity contribution in [3.63, 3.8) is 0 Å². The zero-order valence-electron chi connectivity index (χ0n) is 8.48. The van der Waals surface area contributed by atoms with Gasteiger partial charge in [0, 0.05) is 30.7 Å². The second kappa shape index (κ2) is 4.89. The molecule has 4 heteroatoms. The van der Waals surface area contributed by atoms with Gasteiger partial charge in [-0.1, -0.05) is 0 Å². The Kier molecular flexibility index (Phi) is 3.29. The lowest BCUT2D eigenvalue weighted by Gasteiger charge is -2.24. The Hall–Kier alpha value is -1.42. The van der Waals surface area contributed by atoms with Crippen molar-refractivity contribution >= 4 is 12.0 Å². The first-order valence-electron chi connectivity index (χ1n) is 5.13. The highest BCUT2D eigenvalue weighted by Crippen LogP contribution is 2.16. The molecule has 0 bridgehead atoms. The maximum atomic E-state index is 10.8. The van der Waals surface area contributed by atoms with Crippen molar-refractivity contribution in [2.45, 2.75) is 18.9 Å². The molecule has 2 rings (SSSR count). The van der Waals surface area contributed by atoms with E-state index in [-0.39, 0.29) is 0 Å². The third kappa shape index (κ3) is 2.53. The summed E-state index contributed by atoms with van der Waals surface area (Å²) in [7, 11) is 0. The Balaban J connectivity index is 2.05. The van der Waals surface area contributed by atoms with Gasteiger partial charge in [-0.05, 0) is 18.9 Å². The molecule has 2 heterocycles. The first-order valence-corrected chi connectivity index (χ1v) is 5.13. The minimum absolute atomic E-state index is 0.305. The van der Waals surface area contributed by atoms with Crippen LogP contribution in [0.15, 0.2) is 18.5 Å². The average Bonchev–Trinajstić information content (AvgIpc) is 2.31. The zero-order chi connectivity index (χ0) is 10.5. The van der Waals surface area contributed by atoms with Gasteiger partial charge in [-0.25, -0.2) is 0 Å². The molecule has 1 saturated heterocycles. The van der Waals surface area contributed by atoms with Gasteiger partial charge >= 0.3 is 0 Å². The van der Waals surface area contributed by atoms with E-state index in [0.717, 1.165) is 31.4 Å². The third-order valence-corrected chi connectivity index (χ3v) is 2.50. The molecule has 4 nitrogen and oxygen atoms in total. The maximum Gasteiger partial charge on any atom is 0.153 e. The van der Waals surface area contributed by atoms with Crippen molar-refractivity contribution in [2.75, 3.05) is 18.5 Å². The molecule has 1 aliphatic rings. The number of nitrogens with one attached hydrogen (secondary N) is 1. The Morgan fingerprint density at radius 3 is 3.27 bits per heavy atom. The molecule has 1 N–H and O–H groups in total. The second-order valence-corrected chi connectivity index (χ2v) is 3.64. The average molecular weight is 206 g/mol. The summed E-state index contributed by atoms with van der Waals surface area (Å²) >= 11 is 0. The molecule has 0 saturated carbocycles. The van der Waals surface area contributed by atoms with Crippen LogP contribution in [0.4, 0.5) is 5.69 Å². The second-order valence-electron chi connectivity index (χ2n) is 3.64. The molecule has 1 atom stereocenters. The molecule has 1 aromatic heterocycles. The Morgan fingerprint density at radius 2 is 2.53 bits per heavy atom. The lowest BCUT2D eigenvalue weighted by atomic mass is 10.1. The fourth-order valence-electron chi connectivity index (χ4n) is 1.71. The van der Waals surface area contributed by atoms with E-state index in [9.17, 15) is 4.79 Å². The van der Waals surface area contributed by atoms with E-state index in [1.54, 1.807) is 12.4 Å². The molecule has 1 fully saturated rings. The van der Waals surface area contributed by atoms with Crippen LogP contribution in [-0.4, -0.2) is 30.5 Å². The van der Waals surface area contributed by atoms with Gasteiger partial charge in [0.1, 0.15) is 0 Å². The summed E-state index contributed by atoms with van der Waals surface area (Å²) in [5.74, 6) is 0. The predicted octanol–water partition coefficient (Wildman–Crippen LogP) is 1.48. The summed E-state index contributed by atoms with van der Waals surface area (Å²) in [6.45, 7) is 1.55. The Bertz CT molecular complexity index is 335. The standard InChI is InChI=1S/C11H14N2O2/c14-7-9-6-12-4-3-11(9)13-10-2-1-5-15-8-10/h3-4,6-7,10H,1-2,5,8H2,(H,12,13). The van der Waals surface area contributed by atoms with Crippen LogP contribution >= 0.6 is 0 Å². The molecule has 0 aromatic carbocycles. The number of carbonyl (C=O) groups excluding carboxylic acids is 1. The van der Waals surface area contributed by atoms with Crippen LogP contribution in [0, 0.1) is 0 Å². The van der Waals surface area contributed by atoms with Crippen molar-refractivity contribution in [1.29, 1.82) is 0 Å². The van der Waals surface area contributed by atoms with Crippen molar-refractivity contribution in [1.82, 2.24) is 4.98 Å². The third-order valence-electron chi connectivity index (χ3n) is 2.50. The lowest BCUT2D eigenvalue weighted by Crippen LogP contribution is -2.30. The number of aromatic nitrogens is 1. The number of hydrogen-bond donors (Lipinski definition) is 1. The summed E-state index contributed by atoms with van der Waals surface area (Å²) in [5, 5.41) is 3.30. The van der Waals surface area contributed by atoms with Gasteiger partial charge in [0.15, 0.2) is 6.29 Å². The van der Waals surface area contributed by atoms with Gasteiger partial charge in [0.05, 0.1) is 12.2 Å². The fourth-order valence-corrected chi connectivity index (χ4v) is 1.71. The summed E-state index contributed by atoms with van der Waals surface area (Å²) in [6.07, 6.45) is 6.22. The van der Waals surface area contributed by atoms with E-state index < -0.39 is 0 Å². The van der Waals surface area contributed by atoms with Crippen LogP contribution in [-0.2, 0) is 4.74 Å². The molecular formula is C11H14N2O2. The van der Waals surface area contributed by atoms with Crippen molar-refractivity contribution in [3.8, 4) is 0 Å². The van der Waals surface area contributed by atoms with Gasteiger partial charge in [-0.2, -0.15) is 0 Å². The number of rotatable bonds is 3. The number of anilines is 1. The van der Waals surface area contributed by atoms with Crippen LogP contribution in [0.25, 0.3) is 0 Å². The molecule has 0 amide bonds. The van der Waals surface area contributed by atoms with E-state index in [0.29, 0.717) is 18.2 Å². The number of hydrogen-bond acceptors (Lipinski definition) is 4. The molecule has 80 valence electrons. The number of nitrogens with zero attached hydrogens (tertiary/aromatic N) is 1. The molecule has 0 spiro atoms. The summed E-state index contributed by atoms with van der Waals surface area (Å²) in [4.78, 5) is 14.7. The highest BCUT2D eigenvalue weighted by atomic mass is 16.5. The molecule has 1 aromatic rings. The molecule has 1 aliphatic heterocycles. The molecule has 1 unspecified atom stereocenters. The van der Waals surface area contributed by atoms with Crippen LogP contribution in [0.2, 0.25) is 0 Å². The van der Waals surface area contributed by atoms with Gasteiger partial charge in [-0.15, -0.1) is 0 Å². The molecule has 0 aliphatic carbocycles. The minimum Gasteiger partial charge on any atom is -0.379 e.